The molecule has 1 heterocycles. The van der Waals surface area contributed by atoms with E-state index in [0.29, 0.717) is 11.3 Å². The fourth-order valence-electron chi connectivity index (χ4n) is 3.46. The van der Waals surface area contributed by atoms with Crippen molar-refractivity contribution in [3.8, 4) is 0 Å². The first kappa shape index (κ1) is 22.9. The van der Waals surface area contributed by atoms with Crippen LogP contribution in [0.5, 0.6) is 0 Å². The summed E-state index contributed by atoms with van der Waals surface area (Å²) in [7, 11) is -0.607. The average Bonchev–Trinajstić information content (AvgIpc) is 3.27. The molecule has 4 rings (SSSR count). The van der Waals surface area contributed by atoms with Crippen LogP contribution in [0.15, 0.2) is 77.7 Å². The van der Waals surface area contributed by atoms with Crippen LogP contribution in [0.1, 0.15) is 33.9 Å². The Kier molecular flexibility index (Phi) is 6.23. The predicted octanol–water partition coefficient (Wildman–Crippen LogP) is 5.26. The van der Waals surface area contributed by atoms with Crippen LogP contribution in [0.3, 0.4) is 0 Å². The Hall–Kier alpha value is -3.23. The van der Waals surface area contributed by atoms with Gasteiger partial charge < -0.3 is 4.90 Å². The lowest BCUT2D eigenvalue weighted by molar-refractivity contribution is 0.0742. The average molecular weight is 480 g/mol. The highest BCUT2D eigenvalue weighted by molar-refractivity contribution is 7.92. The minimum Gasteiger partial charge on any atom is -0.333 e. The van der Waals surface area contributed by atoms with Gasteiger partial charge in [0.25, 0.3) is 15.9 Å². The van der Waals surface area contributed by atoms with Gasteiger partial charge in [-0.05, 0) is 56.3 Å². The number of anilines is 1. The SMILES string of the molecule is Cc1ccc(N(C)S(=O)(=O)c2cccc(C(=O)N(C)C(C)c3nc4ccccc4s3)c2)cc1. The van der Waals surface area contributed by atoms with E-state index in [0.717, 1.165) is 20.8 Å². The van der Waals surface area contributed by atoms with Crippen molar-refractivity contribution < 1.29 is 13.2 Å². The molecular formula is C25H25N3O3S2. The molecule has 0 aliphatic heterocycles. The highest BCUT2D eigenvalue weighted by atomic mass is 32.2. The highest BCUT2D eigenvalue weighted by Gasteiger charge is 2.25. The summed E-state index contributed by atoms with van der Waals surface area (Å²) >= 11 is 1.55. The van der Waals surface area contributed by atoms with Crippen molar-refractivity contribution in [1.82, 2.24) is 9.88 Å². The summed E-state index contributed by atoms with van der Waals surface area (Å²) in [4.78, 5) is 19.5. The van der Waals surface area contributed by atoms with Gasteiger partial charge in [-0.3, -0.25) is 9.10 Å². The fourth-order valence-corrected chi connectivity index (χ4v) is 5.76. The Morgan fingerprint density at radius 1 is 0.970 bits per heavy atom. The Labute approximate surface area is 198 Å². The summed E-state index contributed by atoms with van der Waals surface area (Å²) in [6, 6.07) is 21.0. The molecule has 0 aliphatic carbocycles. The lowest BCUT2D eigenvalue weighted by Gasteiger charge is -2.24. The molecule has 0 N–H and O–H groups in total. The molecule has 8 heteroatoms. The fraction of sp³-hybridized carbons (Fsp3) is 0.200. The lowest BCUT2D eigenvalue weighted by atomic mass is 10.2. The van der Waals surface area contributed by atoms with E-state index in [-0.39, 0.29) is 16.8 Å². The third-order valence-corrected chi connectivity index (χ3v) is 8.69. The first-order valence-corrected chi connectivity index (χ1v) is 12.7. The number of hydrogen-bond donors (Lipinski definition) is 0. The second-order valence-electron chi connectivity index (χ2n) is 7.95. The minimum atomic E-state index is -3.82. The topological polar surface area (TPSA) is 70.6 Å². The molecule has 33 heavy (non-hydrogen) atoms. The number of thiazole rings is 1. The van der Waals surface area contributed by atoms with Crippen molar-refractivity contribution in [2.24, 2.45) is 0 Å². The molecule has 0 fully saturated rings. The van der Waals surface area contributed by atoms with Gasteiger partial charge in [0, 0.05) is 19.7 Å². The van der Waals surface area contributed by atoms with Crippen molar-refractivity contribution >= 4 is 43.2 Å². The zero-order chi connectivity index (χ0) is 23.8. The molecule has 1 amide bonds. The summed E-state index contributed by atoms with van der Waals surface area (Å²) in [6.07, 6.45) is 0. The van der Waals surface area contributed by atoms with Crippen molar-refractivity contribution in [2.75, 3.05) is 18.4 Å². The van der Waals surface area contributed by atoms with Crippen LogP contribution in [0.4, 0.5) is 5.69 Å². The zero-order valence-electron chi connectivity index (χ0n) is 18.9. The first-order chi connectivity index (χ1) is 15.7. The normalized spacial score (nSPS) is 12.5. The van der Waals surface area contributed by atoms with E-state index in [9.17, 15) is 13.2 Å². The molecule has 0 spiro atoms. The van der Waals surface area contributed by atoms with Crippen LogP contribution in [-0.2, 0) is 10.0 Å². The standard InChI is InChI=1S/C25H25N3O3S2/c1-17-12-14-20(15-13-17)28(4)33(30,31)21-9-7-8-19(16-21)25(29)27(3)18(2)24-26-22-10-5-6-11-23(22)32-24/h5-16,18H,1-4H3. The summed E-state index contributed by atoms with van der Waals surface area (Å²) in [6.45, 7) is 3.86. The number of rotatable bonds is 6. The van der Waals surface area contributed by atoms with Gasteiger partial charge in [-0.1, -0.05) is 35.9 Å². The smallest absolute Gasteiger partial charge is 0.264 e. The van der Waals surface area contributed by atoms with Gasteiger partial charge in [0.2, 0.25) is 0 Å². The number of aryl methyl sites for hydroxylation is 1. The van der Waals surface area contributed by atoms with E-state index >= 15 is 0 Å². The van der Waals surface area contributed by atoms with Gasteiger partial charge in [0.15, 0.2) is 0 Å². The number of benzene rings is 3. The molecule has 0 saturated heterocycles. The molecular weight excluding hydrogens is 454 g/mol. The number of carbonyl (C=O) groups excluding carboxylic acids is 1. The molecule has 1 unspecified atom stereocenters. The summed E-state index contributed by atoms with van der Waals surface area (Å²) in [5.41, 5.74) is 2.81. The van der Waals surface area contributed by atoms with Crippen LogP contribution in [0.25, 0.3) is 10.2 Å². The maximum atomic E-state index is 13.2. The van der Waals surface area contributed by atoms with Gasteiger partial charge in [-0.25, -0.2) is 13.4 Å². The van der Waals surface area contributed by atoms with E-state index in [1.165, 1.54) is 23.5 Å². The molecule has 4 aromatic rings. The Morgan fingerprint density at radius 3 is 2.36 bits per heavy atom. The number of fused-ring (bicyclic) bond motifs is 1. The summed E-state index contributed by atoms with van der Waals surface area (Å²) in [5, 5.41) is 0.829. The second-order valence-corrected chi connectivity index (χ2v) is 11.0. The van der Waals surface area contributed by atoms with Crippen LogP contribution in [-0.4, -0.2) is 38.3 Å². The number of aromatic nitrogens is 1. The summed E-state index contributed by atoms with van der Waals surface area (Å²) in [5.74, 6) is -0.267. The molecule has 6 nitrogen and oxygen atoms in total. The first-order valence-electron chi connectivity index (χ1n) is 10.5. The maximum Gasteiger partial charge on any atom is 0.264 e. The number of nitrogens with zero attached hydrogens (tertiary/aromatic N) is 3. The molecule has 0 aliphatic rings. The van der Waals surface area contributed by atoms with Gasteiger partial charge in [-0.15, -0.1) is 11.3 Å². The van der Waals surface area contributed by atoms with Crippen molar-refractivity contribution in [3.63, 3.8) is 0 Å². The summed E-state index contributed by atoms with van der Waals surface area (Å²) < 4.78 is 28.7. The van der Waals surface area contributed by atoms with Crippen LogP contribution in [0, 0.1) is 6.92 Å². The van der Waals surface area contributed by atoms with E-state index in [1.807, 2.05) is 50.2 Å². The third-order valence-electron chi connectivity index (χ3n) is 5.71. The molecule has 1 atom stereocenters. The quantitative estimate of drug-likeness (QED) is 0.378. The highest BCUT2D eigenvalue weighted by Crippen LogP contribution is 2.30. The van der Waals surface area contributed by atoms with Gasteiger partial charge in [0.1, 0.15) is 5.01 Å². The Morgan fingerprint density at radius 2 is 1.67 bits per heavy atom. The molecule has 0 radical (unpaired) electrons. The Bertz CT molecular complexity index is 1380. The van der Waals surface area contributed by atoms with Gasteiger partial charge in [-0.2, -0.15) is 0 Å². The van der Waals surface area contributed by atoms with Crippen molar-refractivity contribution in [2.45, 2.75) is 24.8 Å². The third kappa shape index (κ3) is 4.49. The van der Waals surface area contributed by atoms with Crippen LogP contribution in [0.2, 0.25) is 0 Å². The number of carbonyl (C=O) groups is 1. The minimum absolute atomic E-state index is 0.0671. The largest absolute Gasteiger partial charge is 0.333 e. The van der Waals surface area contributed by atoms with Crippen molar-refractivity contribution in [3.05, 3.63) is 88.9 Å². The van der Waals surface area contributed by atoms with Crippen molar-refractivity contribution in [1.29, 1.82) is 0 Å². The van der Waals surface area contributed by atoms with E-state index in [4.69, 9.17) is 0 Å². The molecule has 0 bridgehead atoms. The maximum absolute atomic E-state index is 13.2. The van der Waals surface area contributed by atoms with E-state index < -0.39 is 10.0 Å². The predicted molar refractivity (Wildman–Crippen MR) is 133 cm³/mol. The Balaban J connectivity index is 1.59. The number of para-hydroxylation sites is 1. The van der Waals surface area contributed by atoms with Crippen LogP contribution < -0.4 is 4.31 Å². The molecule has 1 aromatic heterocycles. The monoisotopic (exact) mass is 479 g/mol. The number of amides is 1. The zero-order valence-corrected chi connectivity index (χ0v) is 20.5. The van der Waals surface area contributed by atoms with Gasteiger partial charge >= 0.3 is 0 Å². The molecule has 0 saturated carbocycles. The van der Waals surface area contributed by atoms with E-state index in [2.05, 4.69) is 4.98 Å². The number of sulfonamides is 1. The van der Waals surface area contributed by atoms with Crippen LogP contribution >= 0.6 is 11.3 Å². The van der Waals surface area contributed by atoms with E-state index in [1.54, 1.807) is 47.5 Å². The molecule has 3 aromatic carbocycles. The number of hydrogen-bond acceptors (Lipinski definition) is 5. The lowest BCUT2D eigenvalue weighted by Crippen LogP contribution is -2.30. The second kappa shape index (κ2) is 8.96. The molecule has 170 valence electrons. The van der Waals surface area contributed by atoms with Gasteiger partial charge in [0.05, 0.1) is 26.8 Å².